The maximum Gasteiger partial charge on any atom is 0.0446 e. The zero-order valence-corrected chi connectivity index (χ0v) is 11.3. The quantitative estimate of drug-likeness (QED) is 0.745. The zero-order chi connectivity index (χ0) is 11.8. The van der Waals surface area contributed by atoms with Crippen LogP contribution in [0.5, 0.6) is 0 Å². The van der Waals surface area contributed by atoms with Gasteiger partial charge in [0, 0.05) is 21.9 Å². The van der Waals surface area contributed by atoms with Crippen LogP contribution in [0.2, 0.25) is 0 Å². The summed E-state index contributed by atoms with van der Waals surface area (Å²) in [6.07, 6.45) is 1.13. The minimum atomic E-state index is 0.529. The fourth-order valence-electron chi connectivity index (χ4n) is 2.58. The van der Waals surface area contributed by atoms with Crippen LogP contribution in [0, 0.1) is 0 Å². The number of fused-ring (bicyclic) bond motifs is 1. The summed E-state index contributed by atoms with van der Waals surface area (Å²) < 4.78 is 1.13. The van der Waals surface area contributed by atoms with Crippen molar-refractivity contribution in [2.45, 2.75) is 19.4 Å². The minimum absolute atomic E-state index is 0.529. The van der Waals surface area contributed by atoms with E-state index in [0.29, 0.717) is 6.04 Å². The Kier molecular flexibility index (Phi) is 2.67. The van der Waals surface area contributed by atoms with Gasteiger partial charge in [0.05, 0.1) is 0 Å². The molecule has 0 amide bonds. The summed E-state index contributed by atoms with van der Waals surface area (Å²) in [5.74, 6) is 0. The van der Waals surface area contributed by atoms with Gasteiger partial charge in [-0.2, -0.15) is 0 Å². The number of hydrogen-bond donors (Lipinski definition) is 0. The molecule has 0 bridgehead atoms. The van der Waals surface area contributed by atoms with Crippen LogP contribution in [0.4, 0.5) is 11.4 Å². The van der Waals surface area contributed by atoms with Crippen molar-refractivity contribution in [1.82, 2.24) is 0 Å². The Balaban J connectivity index is 2.09. The van der Waals surface area contributed by atoms with Gasteiger partial charge in [-0.1, -0.05) is 40.2 Å². The van der Waals surface area contributed by atoms with Gasteiger partial charge in [-0.3, -0.25) is 0 Å². The third-order valence-corrected chi connectivity index (χ3v) is 3.79. The number of rotatable bonds is 1. The molecule has 0 radical (unpaired) electrons. The van der Waals surface area contributed by atoms with E-state index in [2.05, 4.69) is 76.3 Å². The van der Waals surface area contributed by atoms with Gasteiger partial charge in [0.25, 0.3) is 0 Å². The summed E-state index contributed by atoms with van der Waals surface area (Å²) in [4.78, 5) is 2.42. The van der Waals surface area contributed by atoms with Crippen LogP contribution in [0.25, 0.3) is 0 Å². The third kappa shape index (κ3) is 1.87. The molecule has 2 heteroatoms. The summed E-state index contributed by atoms with van der Waals surface area (Å²) >= 11 is 3.54. The monoisotopic (exact) mass is 287 g/mol. The number of nitrogens with zero attached hydrogens (tertiary/aromatic N) is 1. The van der Waals surface area contributed by atoms with Crippen molar-refractivity contribution in [2.75, 3.05) is 4.90 Å². The van der Waals surface area contributed by atoms with E-state index in [1.165, 1.54) is 16.9 Å². The van der Waals surface area contributed by atoms with Crippen molar-refractivity contribution in [1.29, 1.82) is 0 Å². The van der Waals surface area contributed by atoms with Gasteiger partial charge < -0.3 is 4.90 Å². The number of anilines is 2. The fraction of sp³-hybridized carbons (Fsp3) is 0.200. The Hall–Kier alpha value is -1.28. The Bertz CT molecular complexity index is 550. The number of para-hydroxylation sites is 1. The molecule has 0 saturated carbocycles. The van der Waals surface area contributed by atoms with Gasteiger partial charge in [0.2, 0.25) is 0 Å². The van der Waals surface area contributed by atoms with E-state index < -0.39 is 0 Å². The summed E-state index contributed by atoms with van der Waals surface area (Å²) in [7, 11) is 0. The highest BCUT2D eigenvalue weighted by atomic mass is 79.9. The standard InChI is InChI=1S/C15H14BrN/c1-11-9-12-5-2-3-8-15(12)17(11)14-7-4-6-13(16)10-14/h2-8,10-11H,9H2,1H3. The minimum Gasteiger partial charge on any atom is -0.338 e. The Morgan fingerprint density at radius 1 is 1.12 bits per heavy atom. The van der Waals surface area contributed by atoms with Gasteiger partial charge in [0.1, 0.15) is 0 Å². The second-order valence-electron chi connectivity index (χ2n) is 4.53. The van der Waals surface area contributed by atoms with Crippen LogP contribution in [0.1, 0.15) is 12.5 Å². The molecular weight excluding hydrogens is 274 g/mol. The Morgan fingerprint density at radius 2 is 1.94 bits per heavy atom. The van der Waals surface area contributed by atoms with Gasteiger partial charge >= 0.3 is 0 Å². The Morgan fingerprint density at radius 3 is 2.76 bits per heavy atom. The summed E-state index contributed by atoms with van der Waals surface area (Å²) in [6, 6.07) is 17.7. The van der Waals surface area contributed by atoms with Gasteiger partial charge in [0.15, 0.2) is 0 Å². The summed E-state index contributed by atoms with van der Waals surface area (Å²) in [5, 5.41) is 0. The van der Waals surface area contributed by atoms with Crippen molar-refractivity contribution in [3.63, 3.8) is 0 Å². The van der Waals surface area contributed by atoms with Gasteiger partial charge in [-0.25, -0.2) is 0 Å². The molecule has 0 saturated heterocycles. The smallest absolute Gasteiger partial charge is 0.0446 e. The third-order valence-electron chi connectivity index (χ3n) is 3.29. The van der Waals surface area contributed by atoms with Crippen LogP contribution in [0.3, 0.4) is 0 Å². The molecule has 0 fully saturated rings. The normalized spacial score (nSPS) is 18.2. The van der Waals surface area contributed by atoms with Crippen molar-refractivity contribution in [3.05, 3.63) is 58.6 Å². The lowest BCUT2D eigenvalue weighted by atomic mass is 10.1. The number of hydrogen-bond acceptors (Lipinski definition) is 1. The van der Waals surface area contributed by atoms with E-state index in [-0.39, 0.29) is 0 Å². The van der Waals surface area contributed by atoms with Crippen molar-refractivity contribution in [3.8, 4) is 0 Å². The average Bonchev–Trinajstić information content (AvgIpc) is 2.64. The first-order valence-corrected chi connectivity index (χ1v) is 6.68. The lowest BCUT2D eigenvalue weighted by molar-refractivity contribution is 0.759. The summed E-state index contributed by atoms with van der Waals surface area (Å²) in [6.45, 7) is 2.28. The second kappa shape index (κ2) is 4.19. The van der Waals surface area contributed by atoms with Gasteiger partial charge in [-0.15, -0.1) is 0 Å². The second-order valence-corrected chi connectivity index (χ2v) is 5.45. The molecule has 2 aromatic rings. The van der Waals surface area contributed by atoms with E-state index in [0.717, 1.165) is 10.9 Å². The molecule has 1 aliphatic rings. The SMILES string of the molecule is CC1Cc2ccccc2N1c1cccc(Br)c1. The van der Waals surface area contributed by atoms with Crippen molar-refractivity contribution < 1.29 is 0 Å². The van der Waals surface area contributed by atoms with E-state index in [4.69, 9.17) is 0 Å². The molecule has 0 aromatic heterocycles. The van der Waals surface area contributed by atoms with E-state index in [1.807, 2.05) is 0 Å². The molecule has 1 atom stereocenters. The van der Waals surface area contributed by atoms with Crippen molar-refractivity contribution in [2.24, 2.45) is 0 Å². The Labute approximate surface area is 110 Å². The molecule has 0 spiro atoms. The van der Waals surface area contributed by atoms with Crippen LogP contribution < -0.4 is 4.90 Å². The fourth-order valence-corrected chi connectivity index (χ4v) is 2.97. The highest BCUT2D eigenvalue weighted by Crippen LogP contribution is 2.38. The van der Waals surface area contributed by atoms with Crippen LogP contribution >= 0.6 is 15.9 Å². The first kappa shape index (κ1) is 10.8. The van der Waals surface area contributed by atoms with E-state index in [9.17, 15) is 0 Å². The number of halogens is 1. The molecular formula is C15H14BrN. The maximum absolute atomic E-state index is 3.54. The molecule has 3 rings (SSSR count). The molecule has 0 aliphatic carbocycles. The molecule has 2 aromatic carbocycles. The van der Waals surface area contributed by atoms with Crippen LogP contribution in [-0.2, 0) is 6.42 Å². The first-order chi connectivity index (χ1) is 8.25. The van der Waals surface area contributed by atoms with Gasteiger partial charge in [-0.05, 0) is 43.2 Å². The highest BCUT2D eigenvalue weighted by Gasteiger charge is 2.26. The number of benzene rings is 2. The molecule has 17 heavy (non-hydrogen) atoms. The van der Waals surface area contributed by atoms with Crippen LogP contribution in [0.15, 0.2) is 53.0 Å². The predicted molar refractivity (Wildman–Crippen MR) is 75.9 cm³/mol. The largest absolute Gasteiger partial charge is 0.338 e. The van der Waals surface area contributed by atoms with Crippen LogP contribution in [-0.4, -0.2) is 6.04 Å². The molecule has 1 unspecified atom stereocenters. The lowest BCUT2D eigenvalue weighted by Gasteiger charge is -2.25. The predicted octanol–water partition coefficient (Wildman–Crippen LogP) is 4.53. The molecule has 1 aliphatic heterocycles. The summed E-state index contributed by atoms with van der Waals surface area (Å²) in [5.41, 5.74) is 4.05. The highest BCUT2D eigenvalue weighted by molar-refractivity contribution is 9.10. The molecule has 86 valence electrons. The molecule has 1 heterocycles. The molecule has 1 nitrogen and oxygen atoms in total. The van der Waals surface area contributed by atoms with Crippen molar-refractivity contribution >= 4 is 27.3 Å². The maximum atomic E-state index is 3.54. The first-order valence-electron chi connectivity index (χ1n) is 5.88. The van der Waals surface area contributed by atoms with E-state index >= 15 is 0 Å². The lowest BCUT2D eigenvalue weighted by Crippen LogP contribution is -2.23. The zero-order valence-electron chi connectivity index (χ0n) is 9.73. The molecule has 0 N–H and O–H groups in total. The average molecular weight is 288 g/mol. The topological polar surface area (TPSA) is 3.24 Å². The van der Waals surface area contributed by atoms with E-state index in [1.54, 1.807) is 0 Å².